The zero-order chi connectivity index (χ0) is 17.9. The monoisotopic (exact) mass is 362 g/mol. The molecule has 0 fully saturated rings. The van der Waals surface area contributed by atoms with E-state index in [4.69, 9.17) is 0 Å². The predicted octanol–water partition coefficient (Wildman–Crippen LogP) is 1.70. The van der Waals surface area contributed by atoms with Gasteiger partial charge in [0.2, 0.25) is 15.9 Å². The topological polar surface area (TPSA) is 93.1 Å². The number of nitrogens with one attached hydrogen (secondary N) is 2. The van der Waals surface area contributed by atoms with E-state index in [9.17, 15) is 13.2 Å². The van der Waals surface area contributed by atoms with Gasteiger partial charge in [0.1, 0.15) is 11.6 Å². The van der Waals surface area contributed by atoms with E-state index >= 15 is 0 Å². The maximum absolute atomic E-state index is 12.2. The Morgan fingerprint density at radius 3 is 2.72 bits per heavy atom. The Morgan fingerprint density at radius 2 is 2.00 bits per heavy atom. The molecule has 2 N–H and O–H groups in total. The lowest BCUT2D eigenvalue weighted by molar-refractivity contribution is -0.116. The van der Waals surface area contributed by atoms with Crippen LogP contribution in [-0.4, -0.2) is 30.9 Å². The quantitative estimate of drug-likeness (QED) is 0.818. The first-order chi connectivity index (χ1) is 12.0. The van der Waals surface area contributed by atoms with Crippen LogP contribution in [-0.2, 0) is 34.2 Å². The molecule has 2 heterocycles. The third-order valence-corrected chi connectivity index (χ3v) is 5.81. The van der Waals surface area contributed by atoms with E-state index in [0.29, 0.717) is 12.8 Å². The second kappa shape index (κ2) is 7.37. The van der Waals surface area contributed by atoms with Gasteiger partial charge in [0.15, 0.2) is 0 Å². The SMILES string of the molecule is CNS(=O)(=O)c1ccc(CCC(=O)Nc2cnc3n2CCCC3)cc1. The van der Waals surface area contributed by atoms with Crippen molar-refractivity contribution in [1.29, 1.82) is 0 Å². The van der Waals surface area contributed by atoms with E-state index in [-0.39, 0.29) is 10.8 Å². The summed E-state index contributed by atoms with van der Waals surface area (Å²) in [4.78, 5) is 16.8. The second-order valence-electron chi connectivity index (χ2n) is 6.07. The van der Waals surface area contributed by atoms with E-state index < -0.39 is 10.0 Å². The highest BCUT2D eigenvalue weighted by atomic mass is 32.2. The summed E-state index contributed by atoms with van der Waals surface area (Å²) >= 11 is 0. The molecule has 0 spiro atoms. The molecule has 7 nitrogen and oxygen atoms in total. The molecule has 1 aromatic carbocycles. The van der Waals surface area contributed by atoms with Crippen LogP contribution in [0, 0.1) is 0 Å². The largest absolute Gasteiger partial charge is 0.315 e. The molecule has 0 unspecified atom stereocenters. The molecule has 0 radical (unpaired) electrons. The third kappa shape index (κ3) is 4.08. The van der Waals surface area contributed by atoms with Crippen LogP contribution < -0.4 is 10.0 Å². The van der Waals surface area contributed by atoms with Gasteiger partial charge in [-0.2, -0.15) is 0 Å². The number of carbonyl (C=O) groups is 1. The molecule has 0 saturated carbocycles. The maximum Gasteiger partial charge on any atom is 0.240 e. The molecule has 1 aliphatic heterocycles. The minimum atomic E-state index is -3.43. The van der Waals surface area contributed by atoms with Gasteiger partial charge in [0.25, 0.3) is 0 Å². The molecule has 1 aromatic heterocycles. The molecule has 0 aliphatic carbocycles. The minimum Gasteiger partial charge on any atom is -0.315 e. The Labute approximate surface area is 147 Å². The van der Waals surface area contributed by atoms with Crippen LogP contribution in [0.1, 0.15) is 30.7 Å². The van der Waals surface area contributed by atoms with Gasteiger partial charge in [-0.15, -0.1) is 0 Å². The number of carbonyl (C=O) groups excluding carboxylic acids is 1. The summed E-state index contributed by atoms with van der Waals surface area (Å²) in [6.07, 6.45) is 5.80. The molecule has 0 bridgehead atoms. The number of anilines is 1. The zero-order valence-corrected chi connectivity index (χ0v) is 15.0. The number of amides is 1. The van der Waals surface area contributed by atoms with Gasteiger partial charge in [-0.25, -0.2) is 18.1 Å². The average molecular weight is 362 g/mol. The number of rotatable bonds is 6. The summed E-state index contributed by atoms with van der Waals surface area (Å²) in [5.74, 6) is 1.72. The van der Waals surface area contributed by atoms with Crippen molar-refractivity contribution in [1.82, 2.24) is 14.3 Å². The second-order valence-corrected chi connectivity index (χ2v) is 7.95. The molecule has 1 amide bonds. The van der Waals surface area contributed by atoms with E-state index in [0.717, 1.165) is 43.0 Å². The Bertz CT molecular complexity index is 857. The van der Waals surface area contributed by atoms with Crippen LogP contribution in [0.3, 0.4) is 0 Å². The molecule has 1 aliphatic rings. The Balaban J connectivity index is 1.57. The highest BCUT2D eigenvalue weighted by Gasteiger charge is 2.15. The first-order valence-electron chi connectivity index (χ1n) is 8.36. The molecular formula is C17H22N4O3S. The van der Waals surface area contributed by atoms with Crippen LogP contribution in [0.15, 0.2) is 35.4 Å². The molecule has 0 atom stereocenters. The molecular weight excluding hydrogens is 340 g/mol. The summed E-state index contributed by atoms with van der Waals surface area (Å²) in [6.45, 7) is 0.895. The van der Waals surface area contributed by atoms with E-state index in [1.54, 1.807) is 30.5 Å². The number of nitrogens with zero attached hydrogens (tertiary/aromatic N) is 2. The van der Waals surface area contributed by atoms with E-state index in [2.05, 4.69) is 19.6 Å². The smallest absolute Gasteiger partial charge is 0.240 e. The molecule has 3 rings (SSSR count). The maximum atomic E-state index is 12.2. The summed E-state index contributed by atoms with van der Waals surface area (Å²) in [7, 11) is -2.05. The van der Waals surface area contributed by atoms with Gasteiger partial charge < -0.3 is 9.88 Å². The summed E-state index contributed by atoms with van der Waals surface area (Å²) in [5.41, 5.74) is 0.917. The van der Waals surface area contributed by atoms with Crippen molar-refractivity contribution in [3.63, 3.8) is 0 Å². The zero-order valence-electron chi connectivity index (χ0n) is 14.2. The van der Waals surface area contributed by atoms with Crippen molar-refractivity contribution in [3.05, 3.63) is 41.9 Å². The number of hydrogen-bond donors (Lipinski definition) is 2. The number of aryl methyl sites for hydroxylation is 2. The number of sulfonamides is 1. The fraction of sp³-hybridized carbons (Fsp3) is 0.412. The number of benzene rings is 1. The molecule has 0 saturated heterocycles. The van der Waals surface area contributed by atoms with Crippen LogP contribution in [0.25, 0.3) is 0 Å². The highest BCUT2D eigenvalue weighted by Crippen LogP contribution is 2.20. The van der Waals surface area contributed by atoms with Crippen LogP contribution in [0.4, 0.5) is 5.82 Å². The van der Waals surface area contributed by atoms with Crippen molar-refractivity contribution >= 4 is 21.7 Å². The van der Waals surface area contributed by atoms with Crippen molar-refractivity contribution in [2.45, 2.75) is 43.5 Å². The molecule has 134 valence electrons. The van der Waals surface area contributed by atoms with Crippen molar-refractivity contribution in [2.75, 3.05) is 12.4 Å². The number of aromatic nitrogens is 2. The Kier molecular flexibility index (Phi) is 5.19. The fourth-order valence-corrected chi connectivity index (χ4v) is 3.66. The van der Waals surface area contributed by atoms with E-state index in [1.807, 2.05) is 0 Å². The van der Waals surface area contributed by atoms with Gasteiger partial charge in [-0.05, 0) is 44.0 Å². The lowest BCUT2D eigenvalue weighted by Crippen LogP contribution is -2.19. The first kappa shape index (κ1) is 17.6. The van der Waals surface area contributed by atoms with Crippen LogP contribution >= 0.6 is 0 Å². The molecule has 25 heavy (non-hydrogen) atoms. The van der Waals surface area contributed by atoms with Crippen molar-refractivity contribution in [2.24, 2.45) is 0 Å². The van der Waals surface area contributed by atoms with Crippen LogP contribution in [0.5, 0.6) is 0 Å². The predicted molar refractivity (Wildman–Crippen MR) is 94.8 cm³/mol. The fourth-order valence-electron chi connectivity index (χ4n) is 2.93. The summed E-state index contributed by atoms with van der Waals surface area (Å²) in [6, 6.07) is 6.56. The number of imidazole rings is 1. The lowest BCUT2D eigenvalue weighted by Gasteiger charge is -2.16. The van der Waals surface area contributed by atoms with Gasteiger partial charge in [0.05, 0.1) is 11.1 Å². The van der Waals surface area contributed by atoms with E-state index in [1.165, 1.54) is 7.05 Å². The molecule has 8 heteroatoms. The van der Waals surface area contributed by atoms with Crippen LogP contribution in [0.2, 0.25) is 0 Å². The Hall–Kier alpha value is -2.19. The minimum absolute atomic E-state index is 0.0693. The lowest BCUT2D eigenvalue weighted by atomic mass is 10.1. The van der Waals surface area contributed by atoms with Crippen molar-refractivity contribution in [3.8, 4) is 0 Å². The average Bonchev–Trinajstić information content (AvgIpc) is 3.03. The highest BCUT2D eigenvalue weighted by molar-refractivity contribution is 7.89. The van der Waals surface area contributed by atoms with Gasteiger partial charge in [-0.1, -0.05) is 12.1 Å². The summed E-state index contributed by atoms with van der Waals surface area (Å²) in [5, 5.41) is 2.92. The number of hydrogen-bond acceptors (Lipinski definition) is 4. The molecule has 2 aromatic rings. The summed E-state index contributed by atoms with van der Waals surface area (Å²) < 4.78 is 27.7. The first-order valence-corrected chi connectivity index (χ1v) is 9.84. The van der Waals surface area contributed by atoms with Crippen molar-refractivity contribution < 1.29 is 13.2 Å². The number of fused-ring (bicyclic) bond motifs is 1. The normalized spacial score (nSPS) is 14.1. The van der Waals surface area contributed by atoms with Gasteiger partial charge in [0, 0.05) is 19.4 Å². The third-order valence-electron chi connectivity index (χ3n) is 4.38. The van der Waals surface area contributed by atoms with Gasteiger partial charge in [-0.3, -0.25) is 4.79 Å². The Morgan fingerprint density at radius 1 is 1.24 bits per heavy atom. The standard InChI is InChI=1S/C17H22N4O3S/c1-18-25(23,24)14-8-5-13(6-9-14)7-10-17(22)20-16-12-19-15-4-2-3-11-21(15)16/h5-6,8-9,12,18H,2-4,7,10-11H2,1H3,(H,20,22). The van der Waals surface area contributed by atoms with Gasteiger partial charge >= 0.3 is 0 Å².